The van der Waals surface area contributed by atoms with Gasteiger partial charge in [0, 0.05) is 16.9 Å². The Balaban J connectivity index is 2.44. The first-order valence-electron chi connectivity index (χ1n) is 5.15. The van der Waals surface area contributed by atoms with Crippen LogP contribution < -0.4 is 4.72 Å². The quantitative estimate of drug-likeness (QED) is 0.852. The van der Waals surface area contributed by atoms with Gasteiger partial charge in [0.1, 0.15) is 15.9 Å². The molecule has 0 unspecified atom stereocenters. The summed E-state index contributed by atoms with van der Waals surface area (Å²) in [6.07, 6.45) is 2.93. The number of nitrogens with zero attached hydrogens (tertiary/aromatic N) is 2. The van der Waals surface area contributed by atoms with Crippen molar-refractivity contribution in [2.45, 2.75) is 11.8 Å². The lowest BCUT2D eigenvalue weighted by Gasteiger charge is -2.10. The molecule has 2 heterocycles. The highest BCUT2D eigenvalue weighted by atomic mass is 79.9. The number of nitrogens with one attached hydrogen (secondary N) is 1. The summed E-state index contributed by atoms with van der Waals surface area (Å²) < 4.78 is 27.4. The lowest BCUT2D eigenvalue weighted by atomic mass is 10.3. The average molecular weight is 363 g/mol. The minimum Gasteiger partial charge on any atom is -0.263 e. The standard InChI is InChI=1S/C11H9BrClN3O2S/c1-7-3-2-4-14-11(7)16-19(17,18)9-5-8(12)6-15-10(9)13/h2-6H,1H3,(H,14,16). The van der Waals surface area contributed by atoms with E-state index in [9.17, 15) is 8.42 Å². The van der Waals surface area contributed by atoms with Gasteiger partial charge in [-0.2, -0.15) is 0 Å². The first-order valence-corrected chi connectivity index (χ1v) is 7.81. The molecule has 0 aliphatic rings. The van der Waals surface area contributed by atoms with Crippen LogP contribution in [0.25, 0.3) is 0 Å². The molecule has 0 radical (unpaired) electrons. The van der Waals surface area contributed by atoms with Crippen LogP contribution in [-0.2, 0) is 10.0 Å². The highest BCUT2D eigenvalue weighted by Crippen LogP contribution is 2.25. The smallest absolute Gasteiger partial charge is 0.263 e. The number of pyridine rings is 2. The molecular weight excluding hydrogens is 354 g/mol. The van der Waals surface area contributed by atoms with Crippen molar-refractivity contribution in [1.29, 1.82) is 0 Å². The van der Waals surface area contributed by atoms with E-state index in [0.717, 1.165) is 0 Å². The summed E-state index contributed by atoms with van der Waals surface area (Å²) >= 11 is 8.97. The first kappa shape index (κ1) is 14.2. The maximum absolute atomic E-state index is 12.2. The number of anilines is 1. The van der Waals surface area contributed by atoms with Gasteiger partial charge in [-0.1, -0.05) is 17.7 Å². The first-order chi connectivity index (χ1) is 8.90. The van der Waals surface area contributed by atoms with E-state index in [1.54, 1.807) is 19.1 Å². The van der Waals surface area contributed by atoms with Gasteiger partial charge in [-0.05, 0) is 40.5 Å². The largest absolute Gasteiger partial charge is 0.266 e. The minimum absolute atomic E-state index is 0.0933. The van der Waals surface area contributed by atoms with Crippen LogP contribution in [0.15, 0.2) is 40.0 Å². The van der Waals surface area contributed by atoms with Gasteiger partial charge in [0.05, 0.1) is 0 Å². The lowest BCUT2D eigenvalue weighted by Crippen LogP contribution is -2.15. The highest BCUT2D eigenvalue weighted by Gasteiger charge is 2.20. The van der Waals surface area contributed by atoms with Crippen molar-refractivity contribution in [2.75, 3.05) is 4.72 Å². The van der Waals surface area contributed by atoms with Crippen LogP contribution in [0.2, 0.25) is 5.15 Å². The third-order valence-electron chi connectivity index (χ3n) is 2.30. The maximum Gasteiger partial charge on any atom is 0.266 e. The van der Waals surface area contributed by atoms with Crippen LogP contribution in [-0.4, -0.2) is 18.4 Å². The predicted molar refractivity (Wildman–Crippen MR) is 76.7 cm³/mol. The molecule has 0 atom stereocenters. The zero-order valence-corrected chi connectivity index (χ0v) is 12.9. The molecular formula is C11H9BrClN3O2S. The van der Waals surface area contributed by atoms with Crippen molar-refractivity contribution < 1.29 is 8.42 Å². The Morgan fingerprint density at radius 3 is 2.79 bits per heavy atom. The number of rotatable bonds is 3. The van der Waals surface area contributed by atoms with Gasteiger partial charge in [-0.25, -0.2) is 18.4 Å². The molecule has 5 nitrogen and oxygen atoms in total. The summed E-state index contributed by atoms with van der Waals surface area (Å²) in [6.45, 7) is 1.76. The van der Waals surface area contributed by atoms with E-state index in [2.05, 4.69) is 30.6 Å². The van der Waals surface area contributed by atoms with Gasteiger partial charge in [-0.15, -0.1) is 0 Å². The Morgan fingerprint density at radius 2 is 2.11 bits per heavy atom. The normalized spacial score (nSPS) is 11.3. The molecule has 19 heavy (non-hydrogen) atoms. The van der Waals surface area contributed by atoms with Gasteiger partial charge in [0.25, 0.3) is 10.0 Å². The molecule has 2 rings (SSSR count). The Labute approximate surface area is 124 Å². The maximum atomic E-state index is 12.2. The summed E-state index contributed by atoms with van der Waals surface area (Å²) in [4.78, 5) is 7.66. The van der Waals surface area contributed by atoms with Crippen LogP contribution in [0.5, 0.6) is 0 Å². The Kier molecular flexibility index (Phi) is 4.07. The fourth-order valence-corrected chi connectivity index (χ4v) is 3.39. The summed E-state index contributed by atoms with van der Waals surface area (Å²) in [5.74, 6) is 0.263. The fourth-order valence-electron chi connectivity index (χ4n) is 1.37. The van der Waals surface area contributed by atoms with Crippen molar-refractivity contribution in [3.8, 4) is 0 Å². The van der Waals surface area contributed by atoms with Crippen molar-refractivity contribution in [2.24, 2.45) is 0 Å². The van der Waals surface area contributed by atoms with Crippen LogP contribution in [0.1, 0.15) is 5.56 Å². The van der Waals surface area contributed by atoms with Crippen molar-refractivity contribution >= 4 is 43.4 Å². The van der Waals surface area contributed by atoms with Crippen molar-refractivity contribution in [3.63, 3.8) is 0 Å². The van der Waals surface area contributed by atoms with Crippen LogP contribution in [0.4, 0.5) is 5.82 Å². The number of aromatic nitrogens is 2. The Bertz CT molecular complexity index is 722. The number of halogens is 2. The second-order valence-corrected chi connectivity index (χ2v) is 6.64. The van der Waals surface area contributed by atoms with Gasteiger partial charge in [0.2, 0.25) is 0 Å². The summed E-state index contributed by atoms with van der Waals surface area (Å²) in [7, 11) is -3.83. The molecule has 0 spiro atoms. The molecule has 8 heteroatoms. The number of hydrogen-bond donors (Lipinski definition) is 1. The number of hydrogen-bond acceptors (Lipinski definition) is 4. The molecule has 0 bridgehead atoms. The highest BCUT2D eigenvalue weighted by molar-refractivity contribution is 9.10. The summed E-state index contributed by atoms with van der Waals surface area (Å²) in [6, 6.07) is 4.86. The Hall–Kier alpha value is -1.18. The molecule has 0 saturated heterocycles. The molecule has 0 amide bonds. The van der Waals surface area contributed by atoms with E-state index in [0.29, 0.717) is 10.0 Å². The lowest BCUT2D eigenvalue weighted by molar-refractivity contribution is 0.600. The van der Waals surface area contributed by atoms with Crippen LogP contribution >= 0.6 is 27.5 Å². The van der Waals surface area contributed by atoms with Crippen molar-refractivity contribution in [1.82, 2.24) is 9.97 Å². The van der Waals surface area contributed by atoms with Gasteiger partial charge in [0.15, 0.2) is 0 Å². The topological polar surface area (TPSA) is 72.0 Å². The van der Waals surface area contributed by atoms with Gasteiger partial charge in [-0.3, -0.25) is 4.72 Å². The minimum atomic E-state index is -3.83. The summed E-state index contributed by atoms with van der Waals surface area (Å²) in [5, 5.41) is -0.0933. The van der Waals surface area contributed by atoms with E-state index in [1.165, 1.54) is 18.5 Å². The third-order valence-corrected chi connectivity index (χ3v) is 4.50. The molecule has 100 valence electrons. The van der Waals surface area contributed by atoms with Crippen molar-refractivity contribution in [3.05, 3.63) is 45.8 Å². The molecule has 2 aromatic rings. The van der Waals surface area contributed by atoms with E-state index in [-0.39, 0.29) is 15.9 Å². The molecule has 0 fully saturated rings. The Morgan fingerprint density at radius 1 is 1.37 bits per heavy atom. The molecule has 2 aromatic heterocycles. The third kappa shape index (κ3) is 3.23. The average Bonchev–Trinajstić information content (AvgIpc) is 2.35. The molecule has 1 N–H and O–H groups in total. The summed E-state index contributed by atoms with van der Waals surface area (Å²) in [5.41, 5.74) is 0.713. The number of aryl methyl sites for hydroxylation is 1. The molecule has 0 saturated carbocycles. The van der Waals surface area contributed by atoms with E-state index in [1.807, 2.05) is 0 Å². The second kappa shape index (κ2) is 5.44. The van der Waals surface area contributed by atoms with E-state index >= 15 is 0 Å². The van der Waals surface area contributed by atoms with E-state index < -0.39 is 10.0 Å². The van der Waals surface area contributed by atoms with Crippen LogP contribution in [0.3, 0.4) is 0 Å². The number of sulfonamides is 1. The predicted octanol–water partition coefficient (Wildman–Crippen LogP) is 3.00. The molecule has 0 aliphatic carbocycles. The zero-order valence-electron chi connectivity index (χ0n) is 9.76. The van der Waals surface area contributed by atoms with Crippen LogP contribution in [0, 0.1) is 6.92 Å². The SMILES string of the molecule is Cc1cccnc1NS(=O)(=O)c1cc(Br)cnc1Cl. The monoisotopic (exact) mass is 361 g/mol. The van der Waals surface area contributed by atoms with Gasteiger partial charge < -0.3 is 0 Å². The fraction of sp³-hybridized carbons (Fsp3) is 0.0909. The zero-order chi connectivity index (χ0) is 14.0. The van der Waals surface area contributed by atoms with Gasteiger partial charge >= 0.3 is 0 Å². The second-order valence-electron chi connectivity index (χ2n) is 3.72. The molecule has 0 aliphatic heterocycles. The van der Waals surface area contributed by atoms with E-state index in [4.69, 9.17) is 11.6 Å². The molecule has 0 aromatic carbocycles.